The fraction of sp³-hybridized carbons (Fsp3) is 0.436. The summed E-state index contributed by atoms with van der Waals surface area (Å²) in [6, 6.07) is 12.7. The molecule has 232 valence electrons. The van der Waals surface area contributed by atoms with Crippen LogP contribution >= 0.6 is 0 Å². The van der Waals surface area contributed by atoms with Crippen LogP contribution < -0.4 is 19.9 Å². The van der Waals surface area contributed by atoms with E-state index in [1.165, 1.54) is 33.3 Å². The minimum atomic E-state index is -0.294. The Morgan fingerprint density at radius 1 is 1.00 bits per heavy atom. The lowest BCUT2D eigenvalue weighted by molar-refractivity contribution is 0.0525. The lowest BCUT2D eigenvalue weighted by atomic mass is 9.75. The standard InChI is InChI=1S/C37H43N2O3.C2H6/c1-9-38-24(6)16-22(4)27-17-29-33(19-31(27)38)42-34-20-32-28(23(5)21-37(7,8)39(32)10-2)18-30(34)35(29)25-14-12-13-15-26(25)36(40)41-11-3;1-2/h12-21,24,30,34H,9-11H2,1-8H3;1-2H3/q+1;. The summed E-state index contributed by atoms with van der Waals surface area (Å²) in [6.45, 7) is 23.6. The van der Waals surface area contributed by atoms with Crippen molar-refractivity contribution in [1.82, 2.24) is 9.48 Å². The third-order valence-corrected chi connectivity index (χ3v) is 9.35. The van der Waals surface area contributed by atoms with E-state index in [2.05, 4.69) is 100 Å². The van der Waals surface area contributed by atoms with Crippen molar-refractivity contribution in [1.29, 1.82) is 0 Å². The molecule has 2 aromatic rings. The molecular weight excluding hydrogens is 544 g/mol. The van der Waals surface area contributed by atoms with Gasteiger partial charge in [-0.15, -0.1) is 0 Å². The summed E-state index contributed by atoms with van der Waals surface area (Å²) in [7, 11) is 0. The van der Waals surface area contributed by atoms with Gasteiger partial charge in [-0.3, -0.25) is 0 Å². The number of hydrogen-bond acceptors (Lipinski definition) is 4. The first-order valence-electron chi connectivity index (χ1n) is 16.4. The molecule has 2 aromatic carbocycles. The maximum atomic E-state index is 13.3. The molecule has 0 bridgehead atoms. The quantitative estimate of drug-likeness (QED) is 0.287. The molecule has 44 heavy (non-hydrogen) atoms. The minimum Gasteiger partial charge on any atom is -0.484 e. The van der Waals surface area contributed by atoms with E-state index in [9.17, 15) is 4.79 Å². The molecule has 3 aliphatic heterocycles. The van der Waals surface area contributed by atoms with Gasteiger partial charge in [0.1, 0.15) is 18.4 Å². The van der Waals surface area contributed by atoms with Crippen molar-refractivity contribution < 1.29 is 14.3 Å². The molecule has 0 saturated carbocycles. The number of ether oxygens (including phenoxy) is 2. The summed E-state index contributed by atoms with van der Waals surface area (Å²) in [4.78, 5) is 15.8. The number of carbonyl (C=O) groups excluding carboxylic acids is 1. The molecule has 5 heteroatoms. The monoisotopic (exact) mass is 593 g/mol. The molecule has 3 atom stereocenters. The second kappa shape index (κ2) is 12.3. The third-order valence-electron chi connectivity index (χ3n) is 9.35. The summed E-state index contributed by atoms with van der Waals surface area (Å²) >= 11 is 0. The summed E-state index contributed by atoms with van der Waals surface area (Å²) < 4.78 is 14.9. The average molecular weight is 594 g/mol. The summed E-state index contributed by atoms with van der Waals surface area (Å²) in [5.74, 6) is 0.503. The maximum Gasteiger partial charge on any atom is 0.338 e. The number of rotatable bonds is 5. The van der Waals surface area contributed by atoms with Crippen LogP contribution in [0.5, 0.6) is 5.75 Å². The maximum absolute atomic E-state index is 13.3. The predicted octanol–water partition coefficient (Wildman–Crippen LogP) is 6.67. The van der Waals surface area contributed by atoms with Crippen molar-refractivity contribution >= 4 is 17.1 Å². The van der Waals surface area contributed by atoms with Gasteiger partial charge in [-0.1, -0.05) is 44.2 Å². The Bertz CT molecular complexity index is 1740. The van der Waals surface area contributed by atoms with Gasteiger partial charge in [-0.25, -0.2) is 9.37 Å². The van der Waals surface area contributed by atoms with Gasteiger partial charge < -0.3 is 14.4 Å². The Morgan fingerprint density at radius 3 is 2.41 bits per heavy atom. The van der Waals surface area contributed by atoms with Crippen molar-refractivity contribution in [3.63, 3.8) is 0 Å². The molecule has 0 fully saturated rings. The van der Waals surface area contributed by atoms with E-state index in [4.69, 9.17) is 9.47 Å². The zero-order valence-corrected chi connectivity index (χ0v) is 28.2. The Balaban J connectivity index is 0.00000188. The summed E-state index contributed by atoms with van der Waals surface area (Å²) in [6.07, 6.45) is 9.21. The lowest BCUT2D eigenvalue weighted by Crippen LogP contribution is -2.48. The fourth-order valence-corrected chi connectivity index (χ4v) is 7.61. The van der Waals surface area contributed by atoms with Gasteiger partial charge in [-0.2, -0.15) is 0 Å². The van der Waals surface area contributed by atoms with Crippen molar-refractivity contribution in [2.24, 2.45) is 5.92 Å². The first-order chi connectivity index (χ1) is 21.1. The molecule has 0 amide bonds. The number of likely N-dealkylation sites (N-methyl/N-ethyl adjacent to an activating group) is 2. The van der Waals surface area contributed by atoms with E-state index in [0.29, 0.717) is 18.2 Å². The SMILES string of the molecule is CC.CCOC(=O)c1ccccc1C1=c2cc3c(cc2OC2C=C4C(=CC12)C(C)=CC(C)(C)N4CC)=[N+](CC)C(C)C=C3C. The molecule has 4 aliphatic rings. The molecule has 0 radical (unpaired) electrons. The zero-order chi connectivity index (χ0) is 31.9. The highest BCUT2D eigenvalue weighted by molar-refractivity contribution is 5.96. The second-order valence-electron chi connectivity index (χ2n) is 12.4. The van der Waals surface area contributed by atoms with Gasteiger partial charge in [0.25, 0.3) is 0 Å². The number of fused-ring (bicyclic) bond motifs is 4. The molecule has 6 rings (SSSR count). The first kappa shape index (κ1) is 31.6. The van der Waals surface area contributed by atoms with Gasteiger partial charge in [-0.05, 0) is 101 Å². The van der Waals surface area contributed by atoms with E-state index >= 15 is 0 Å². The van der Waals surface area contributed by atoms with Crippen LogP contribution in [0.25, 0.3) is 11.1 Å². The van der Waals surface area contributed by atoms with Gasteiger partial charge in [0.05, 0.1) is 23.8 Å². The largest absolute Gasteiger partial charge is 0.484 e. The first-order valence-corrected chi connectivity index (χ1v) is 16.4. The smallest absolute Gasteiger partial charge is 0.338 e. The summed E-state index contributed by atoms with van der Waals surface area (Å²) in [5, 5.41) is 2.25. The lowest BCUT2D eigenvalue weighted by Gasteiger charge is -2.47. The number of nitrogens with zero attached hydrogens (tertiary/aromatic N) is 2. The van der Waals surface area contributed by atoms with Gasteiger partial charge >= 0.3 is 5.97 Å². The highest BCUT2D eigenvalue weighted by atomic mass is 16.5. The van der Waals surface area contributed by atoms with Crippen LogP contribution in [0.3, 0.4) is 0 Å². The van der Waals surface area contributed by atoms with Crippen LogP contribution in [0.2, 0.25) is 0 Å². The average Bonchev–Trinajstić information content (AvgIpc) is 2.99. The molecule has 0 spiro atoms. The van der Waals surface area contributed by atoms with Crippen molar-refractivity contribution in [3.8, 4) is 5.75 Å². The van der Waals surface area contributed by atoms with Crippen LogP contribution in [0.15, 0.2) is 77.5 Å². The summed E-state index contributed by atoms with van der Waals surface area (Å²) in [5.41, 5.74) is 8.76. The van der Waals surface area contributed by atoms with Crippen LogP contribution in [-0.4, -0.2) is 48.3 Å². The van der Waals surface area contributed by atoms with Crippen LogP contribution in [0.4, 0.5) is 0 Å². The Hall–Kier alpha value is -3.86. The molecule has 3 heterocycles. The third kappa shape index (κ3) is 5.14. The molecule has 0 aromatic heterocycles. The van der Waals surface area contributed by atoms with Crippen LogP contribution in [0.1, 0.15) is 90.7 Å². The van der Waals surface area contributed by atoms with Crippen molar-refractivity contribution in [2.75, 3.05) is 19.7 Å². The highest BCUT2D eigenvalue weighted by Crippen LogP contribution is 2.44. The van der Waals surface area contributed by atoms with Crippen LogP contribution in [0, 0.1) is 5.92 Å². The number of benzene rings is 2. The molecule has 0 saturated heterocycles. The zero-order valence-electron chi connectivity index (χ0n) is 28.2. The van der Waals surface area contributed by atoms with E-state index < -0.39 is 0 Å². The van der Waals surface area contributed by atoms with Crippen molar-refractivity contribution in [3.05, 3.63) is 105 Å². The number of hydrogen-bond donors (Lipinski definition) is 0. The Morgan fingerprint density at radius 2 is 1.73 bits per heavy atom. The van der Waals surface area contributed by atoms with E-state index in [1.54, 1.807) is 0 Å². The molecule has 3 unspecified atom stereocenters. The predicted molar refractivity (Wildman–Crippen MR) is 181 cm³/mol. The van der Waals surface area contributed by atoms with Gasteiger partial charge in [0, 0.05) is 35.9 Å². The molecule has 1 aliphatic carbocycles. The molecular formula is C39H49N2O3+. The van der Waals surface area contributed by atoms with E-state index in [0.717, 1.165) is 35.2 Å². The molecule has 5 nitrogen and oxygen atoms in total. The van der Waals surface area contributed by atoms with Crippen molar-refractivity contribution in [2.45, 2.75) is 86.9 Å². The number of esters is 1. The Kier molecular flexibility index (Phi) is 8.80. The van der Waals surface area contributed by atoms with Gasteiger partial charge in [0.15, 0.2) is 6.04 Å². The second-order valence-corrected chi connectivity index (χ2v) is 12.4. The molecule has 0 N–H and O–H groups in total. The van der Waals surface area contributed by atoms with E-state index in [1.807, 2.05) is 39.0 Å². The van der Waals surface area contributed by atoms with Crippen LogP contribution in [-0.2, 0) is 4.74 Å². The Labute approximate surface area is 263 Å². The van der Waals surface area contributed by atoms with E-state index in [-0.39, 0.29) is 23.5 Å². The van der Waals surface area contributed by atoms with Gasteiger partial charge in [0.2, 0.25) is 5.36 Å². The highest BCUT2D eigenvalue weighted by Gasteiger charge is 2.41. The normalized spacial score (nSPS) is 22.8. The fourth-order valence-electron chi connectivity index (χ4n) is 7.61. The topological polar surface area (TPSA) is 41.8 Å². The number of carbonyl (C=O) groups is 1. The number of allylic oxidation sites excluding steroid dienone is 2. The minimum absolute atomic E-state index is 0.0674.